The van der Waals surface area contributed by atoms with Crippen LogP contribution in [-0.4, -0.2) is 25.5 Å². The minimum atomic E-state index is -0.156. The van der Waals surface area contributed by atoms with E-state index in [4.69, 9.17) is 11.6 Å². The number of rotatable bonds is 6. The maximum Gasteiger partial charge on any atom is 0.255 e. The Bertz CT molecular complexity index is 1320. The standard InChI is InChI=1S/C26H28ClN5O/c1-16-7-6-8-22(13-16)15-32-20(5)25(18(3)30-32)28-26(33)23-11-9-21(10-12-23)14-31-19(4)24(27)17(2)29-31/h6-13H,14-15H2,1-5H3,(H,28,33). The summed E-state index contributed by atoms with van der Waals surface area (Å²) in [6.45, 7) is 11.1. The van der Waals surface area contributed by atoms with Crippen LogP contribution in [0.25, 0.3) is 0 Å². The van der Waals surface area contributed by atoms with E-state index in [0.29, 0.717) is 23.7 Å². The van der Waals surface area contributed by atoms with Gasteiger partial charge in [-0.2, -0.15) is 10.2 Å². The third-order valence-corrected chi connectivity index (χ3v) is 6.42. The van der Waals surface area contributed by atoms with Gasteiger partial charge in [-0.1, -0.05) is 53.6 Å². The van der Waals surface area contributed by atoms with Crippen LogP contribution in [0.2, 0.25) is 5.02 Å². The lowest BCUT2D eigenvalue weighted by atomic mass is 10.1. The van der Waals surface area contributed by atoms with Crippen molar-refractivity contribution in [1.29, 1.82) is 0 Å². The Labute approximate surface area is 199 Å². The minimum absolute atomic E-state index is 0.156. The first-order valence-corrected chi connectivity index (χ1v) is 11.3. The smallest absolute Gasteiger partial charge is 0.255 e. The first kappa shape index (κ1) is 22.8. The molecule has 33 heavy (non-hydrogen) atoms. The molecule has 0 aliphatic heterocycles. The van der Waals surface area contributed by atoms with Gasteiger partial charge in [-0.15, -0.1) is 0 Å². The molecular weight excluding hydrogens is 434 g/mol. The van der Waals surface area contributed by atoms with Crippen molar-refractivity contribution in [3.8, 4) is 0 Å². The predicted molar refractivity (Wildman–Crippen MR) is 132 cm³/mol. The Morgan fingerprint density at radius 1 is 0.848 bits per heavy atom. The largest absolute Gasteiger partial charge is 0.319 e. The molecule has 1 amide bonds. The van der Waals surface area contributed by atoms with Crippen LogP contribution >= 0.6 is 11.6 Å². The molecule has 6 nitrogen and oxygen atoms in total. The Morgan fingerprint density at radius 2 is 1.48 bits per heavy atom. The molecular formula is C26H28ClN5O. The van der Waals surface area contributed by atoms with Gasteiger partial charge in [0.1, 0.15) is 0 Å². The molecule has 2 heterocycles. The fourth-order valence-electron chi connectivity index (χ4n) is 3.96. The van der Waals surface area contributed by atoms with Crippen molar-refractivity contribution in [1.82, 2.24) is 19.6 Å². The minimum Gasteiger partial charge on any atom is -0.319 e. The van der Waals surface area contributed by atoms with Gasteiger partial charge in [0, 0.05) is 5.56 Å². The van der Waals surface area contributed by atoms with Crippen molar-refractivity contribution in [3.63, 3.8) is 0 Å². The topological polar surface area (TPSA) is 64.7 Å². The number of aryl methyl sites for hydroxylation is 3. The molecule has 2 aromatic heterocycles. The molecule has 4 rings (SSSR count). The van der Waals surface area contributed by atoms with Gasteiger partial charge in [-0.25, -0.2) is 0 Å². The second kappa shape index (κ2) is 9.24. The number of carbonyl (C=O) groups excluding carboxylic acids is 1. The lowest BCUT2D eigenvalue weighted by Gasteiger charge is -2.09. The highest BCUT2D eigenvalue weighted by Gasteiger charge is 2.16. The van der Waals surface area contributed by atoms with Crippen LogP contribution in [0.15, 0.2) is 48.5 Å². The van der Waals surface area contributed by atoms with Crippen molar-refractivity contribution >= 4 is 23.2 Å². The fraction of sp³-hybridized carbons (Fsp3) is 0.269. The maximum absolute atomic E-state index is 12.9. The number of halogens is 1. The zero-order valence-corrected chi connectivity index (χ0v) is 20.4. The lowest BCUT2D eigenvalue weighted by molar-refractivity contribution is 0.102. The summed E-state index contributed by atoms with van der Waals surface area (Å²) in [4.78, 5) is 12.9. The van der Waals surface area contributed by atoms with Gasteiger partial charge >= 0.3 is 0 Å². The molecule has 7 heteroatoms. The molecule has 2 aromatic carbocycles. The Morgan fingerprint density at radius 3 is 2.12 bits per heavy atom. The van der Waals surface area contributed by atoms with E-state index >= 15 is 0 Å². The monoisotopic (exact) mass is 461 g/mol. The molecule has 0 aliphatic rings. The van der Waals surface area contributed by atoms with Gasteiger partial charge in [-0.05, 0) is 57.9 Å². The van der Waals surface area contributed by atoms with E-state index in [9.17, 15) is 4.79 Å². The number of benzene rings is 2. The summed E-state index contributed by atoms with van der Waals surface area (Å²) in [6.07, 6.45) is 0. The molecule has 0 unspecified atom stereocenters. The lowest BCUT2D eigenvalue weighted by Crippen LogP contribution is -2.13. The molecule has 0 spiro atoms. The summed E-state index contributed by atoms with van der Waals surface area (Å²) < 4.78 is 3.81. The second-order valence-corrected chi connectivity index (χ2v) is 8.86. The summed E-state index contributed by atoms with van der Waals surface area (Å²) in [7, 11) is 0. The molecule has 170 valence electrons. The van der Waals surface area contributed by atoms with Gasteiger partial charge in [-0.3, -0.25) is 14.2 Å². The number of hydrogen-bond acceptors (Lipinski definition) is 3. The van der Waals surface area contributed by atoms with Crippen LogP contribution in [0.3, 0.4) is 0 Å². The summed E-state index contributed by atoms with van der Waals surface area (Å²) in [6, 6.07) is 15.9. The molecule has 1 N–H and O–H groups in total. The van der Waals surface area contributed by atoms with Crippen molar-refractivity contribution in [2.75, 3.05) is 5.32 Å². The van der Waals surface area contributed by atoms with Crippen molar-refractivity contribution < 1.29 is 4.79 Å². The van der Waals surface area contributed by atoms with E-state index < -0.39 is 0 Å². The molecule has 0 atom stereocenters. The SMILES string of the molecule is Cc1cccc(Cn2nc(C)c(NC(=O)c3ccc(Cn4nc(C)c(Cl)c4C)cc3)c2C)c1. The normalized spacial score (nSPS) is 11.1. The van der Waals surface area contributed by atoms with Crippen LogP contribution < -0.4 is 5.32 Å². The molecule has 0 saturated carbocycles. The van der Waals surface area contributed by atoms with E-state index in [2.05, 4.69) is 40.6 Å². The van der Waals surface area contributed by atoms with Gasteiger partial charge in [0.05, 0.1) is 46.6 Å². The first-order chi connectivity index (χ1) is 15.7. The van der Waals surface area contributed by atoms with Crippen LogP contribution in [-0.2, 0) is 13.1 Å². The quantitative estimate of drug-likeness (QED) is 0.405. The van der Waals surface area contributed by atoms with Crippen LogP contribution in [0.5, 0.6) is 0 Å². The second-order valence-electron chi connectivity index (χ2n) is 8.49. The Kier molecular flexibility index (Phi) is 6.38. The predicted octanol–water partition coefficient (Wildman–Crippen LogP) is 5.62. The summed E-state index contributed by atoms with van der Waals surface area (Å²) in [5.41, 5.74) is 8.27. The number of amides is 1. The number of carbonyl (C=O) groups is 1. The number of aromatic nitrogens is 4. The third kappa shape index (κ3) is 4.86. The van der Waals surface area contributed by atoms with E-state index in [-0.39, 0.29) is 5.91 Å². The first-order valence-electron chi connectivity index (χ1n) is 10.9. The zero-order chi connectivity index (χ0) is 23.7. The van der Waals surface area contributed by atoms with Crippen LogP contribution in [0, 0.1) is 34.6 Å². The van der Waals surface area contributed by atoms with Gasteiger partial charge in [0.25, 0.3) is 5.91 Å². The third-order valence-electron chi connectivity index (χ3n) is 5.88. The molecule has 0 bridgehead atoms. The van der Waals surface area contributed by atoms with Crippen molar-refractivity contribution in [2.24, 2.45) is 0 Å². The number of anilines is 1. The van der Waals surface area contributed by atoms with Crippen molar-refractivity contribution in [2.45, 2.75) is 47.7 Å². The van der Waals surface area contributed by atoms with Crippen molar-refractivity contribution in [3.05, 3.63) is 98.6 Å². The van der Waals surface area contributed by atoms with Gasteiger partial charge < -0.3 is 5.32 Å². The number of nitrogens with one attached hydrogen (secondary N) is 1. The van der Waals surface area contributed by atoms with E-state index in [0.717, 1.165) is 34.0 Å². The van der Waals surface area contributed by atoms with E-state index in [1.807, 2.05) is 67.4 Å². The zero-order valence-electron chi connectivity index (χ0n) is 19.6. The van der Waals surface area contributed by atoms with E-state index in [1.165, 1.54) is 11.1 Å². The summed E-state index contributed by atoms with van der Waals surface area (Å²) in [5.74, 6) is -0.156. The molecule has 4 aromatic rings. The van der Waals surface area contributed by atoms with Gasteiger partial charge in [0.2, 0.25) is 0 Å². The van der Waals surface area contributed by atoms with E-state index in [1.54, 1.807) is 0 Å². The highest BCUT2D eigenvalue weighted by molar-refractivity contribution is 6.31. The van der Waals surface area contributed by atoms with Crippen LogP contribution in [0.1, 0.15) is 49.8 Å². The summed E-state index contributed by atoms with van der Waals surface area (Å²) >= 11 is 6.24. The highest BCUT2D eigenvalue weighted by atomic mass is 35.5. The highest BCUT2D eigenvalue weighted by Crippen LogP contribution is 2.23. The number of nitrogens with zero attached hydrogens (tertiary/aromatic N) is 4. The fourth-order valence-corrected chi connectivity index (χ4v) is 4.10. The molecule has 0 radical (unpaired) electrons. The van der Waals surface area contributed by atoms with Gasteiger partial charge in [0.15, 0.2) is 0 Å². The average Bonchev–Trinajstić information content (AvgIpc) is 3.18. The Hall–Kier alpha value is -3.38. The molecule has 0 aliphatic carbocycles. The maximum atomic E-state index is 12.9. The summed E-state index contributed by atoms with van der Waals surface area (Å²) in [5, 5.41) is 12.9. The molecule has 0 saturated heterocycles. The Balaban J connectivity index is 1.47. The van der Waals surface area contributed by atoms with Crippen LogP contribution in [0.4, 0.5) is 5.69 Å². The number of hydrogen-bond donors (Lipinski definition) is 1. The molecule has 0 fully saturated rings. The average molecular weight is 462 g/mol.